The van der Waals surface area contributed by atoms with E-state index in [1.165, 1.54) is 0 Å². The molecule has 0 spiro atoms. The Kier molecular flexibility index (Phi) is 2.98. The number of aromatic nitrogens is 3. The van der Waals surface area contributed by atoms with Gasteiger partial charge in [-0.05, 0) is 26.7 Å². The Morgan fingerprint density at radius 2 is 2.12 bits per heavy atom. The topological polar surface area (TPSA) is 79.8 Å². The van der Waals surface area contributed by atoms with Gasteiger partial charge >= 0.3 is 0 Å². The molecule has 1 saturated heterocycles. The molecule has 16 heavy (non-hydrogen) atoms. The molecule has 1 amide bonds. The van der Waals surface area contributed by atoms with Gasteiger partial charge in [-0.3, -0.25) is 4.79 Å². The zero-order valence-electron chi connectivity index (χ0n) is 9.45. The summed E-state index contributed by atoms with van der Waals surface area (Å²) in [6.07, 6.45) is 1.78. The number of amides is 1. The molecule has 0 radical (unpaired) electrons. The van der Waals surface area contributed by atoms with Gasteiger partial charge in [0.15, 0.2) is 0 Å². The maximum atomic E-state index is 11.5. The Morgan fingerprint density at radius 1 is 1.31 bits per heavy atom. The van der Waals surface area contributed by atoms with Gasteiger partial charge in [-0.2, -0.15) is 5.10 Å². The van der Waals surface area contributed by atoms with Crippen molar-refractivity contribution in [2.75, 3.05) is 11.9 Å². The van der Waals surface area contributed by atoms with Crippen LogP contribution in [0, 0.1) is 13.8 Å². The van der Waals surface area contributed by atoms with Crippen molar-refractivity contribution >= 4 is 11.9 Å². The van der Waals surface area contributed by atoms with Gasteiger partial charge in [0.2, 0.25) is 11.9 Å². The first-order valence-electron chi connectivity index (χ1n) is 5.39. The quantitative estimate of drug-likeness (QED) is 0.744. The third-order valence-electron chi connectivity index (χ3n) is 2.68. The van der Waals surface area contributed by atoms with E-state index in [-0.39, 0.29) is 11.9 Å². The van der Waals surface area contributed by atoms with Crippen molar-refractivity contribution in [1.29, 1.82) is 0 Å². The number of rotatable bonds is 2. The van der Waals surface area contributed by atoms with Crippen LogP contribution in [0.1, 0.15) is 24.2 Å². The van der Waals surface area contributed by atoms with E-state index in [0.717, 1.165) is 30.8 Å². The summed E-state index contributed by atoms with van der Waals surface area (Å²) in [6.45, 7) is 4.48. The SMILES string of the molecule is Cc1nnc(NC2CCCNC2=O)nc1C. The number of carbonyl (C=O) groups excluding carboxylic acids is 1. The maximum Gasteiger partial charge on any atom is 0.243 e. The molecule has 1 aliphatic rings. The highest BCUT2D eigenvalue weighted by atomic mass is 16.2. The summed E-state index contributed by atoms with van der Waals surface area (Å²) in [6, 6.07) is -0.238. The number of hydrogen-bond acceptors (Lipinski definition) is 5. The van der Waals surface area contributed by atoms with Crippen molar-refractivity contribution in [2.45, 2.75) is 32.7 Å². The highest BCUT2D eigenvalue weighted by Gasteiger charge is 2.22. The zero-order valence-corrected chi connectivity index (χ0v) is 9.45. The molecule has 2 N–H and O–H groups in total. The molecule has 0 saturated carbocycles. The molecule has 6 heteroatoms. The van der Waals surface area contributed by atoms with Crippen molar-refractivity contribution < 1.29 is 4.79 Å². The molecule has 1 atom stereocenters. The lowest BCUT2D eigenvalue weighted by Crippen LogP contribution is -2.44. The Balaban J connectivity index is 2.08. The summed E-state index contributed by atoms with van der Waals surface area (Å²) < 4.78 is 0. The molecule has 0 aromatic carbocycles. The maximum absolute atomic E-state index is 11.5. The first-order valence-corrected chi connectivity index (χ1v) is 5.39. The molecule has 1 aromatic rings. The monoisotopic (exact) mass is 221 g/mol. The van der Waals surface area contributed by atoms with E-state index < -0.39 is 0 Å². The summed E-state index contributed by atoms with van der Waals surface area (Å²) in [7, 11) is 0. The summed E-state index contributed by atoms with van der Waals surface area (Å²) in [4.78, 5) is 15.7. The van der Waals surface area contributed by atoms with Crippen molar-refractivity contribution in [3.8, 4) is 0 Å². The van der Waals surface area contributed by atoms with Crippen molar-refractivity contribution in [3.05, 3.63) is 11.4 Å². The average Bonchev–Trinajstić information content (AvgIpc) is 2.27. The van der Waals surface area contributed by atoms with Gasteiger partial charge in [-0.1, -0.05) is 0 Å². The van der Waals surface area contributed by atoms with Crippen LogP contribution in [0.25, 0.3) is 0 Å². The summed E-state index contributed by atoms with van der Waals surface area (Å²) >= 11 is 0. The van der Waals surface area contributed by atoms with Gasteiger partial charge < -0.3 is 10.6 Å². The van der Waals surface area contributed by atoms with Crippen LogP contribution in [0.5, 0.6) is 0 Å². The first kappa shape index (κ1) is 10.8. The van der Waals surface area contributed by atoms with E-state index in [1.54, 1.807) is 0 Å². The molecule has 0 bridgehead atoms. The fourth-order valence-electron chi connectivity index (χ4n) is 1.58. The molecule has 1 unspecified atom stereocenters. The lowest BCUT2D eigenvalue weighted by molar-refractivity contribution is -0.123. The molecule has 1 aliphatic heterocycles. The van der Waals surface area contributed by atoms with E-state index in [4.69, 9.17) is 0 Å². The molecular weight excluding hydrogens is 206 g/mol. The van der Waals surface area contributed by atoms with Gasteiger partial charge in [0.05, 0.1) is 11.4 Å². The molecule has 6 nitrogen and oxygen atoms in total. The Labute approximate surface area is 93.9 Å². The number of nitrogens with one attached hydrogen (secondary N) is 2. The number of aryl methyl sites for hydroxylation is 2. The third kappa shape index (κ3) is 2.26. The Hall–Kier alpha value is -1.72. The molecule has 2 rings (SSSR count). The Morgan fingerprint density at radius 3 is 2.81 bits per heavy atom. The fourth-order valence-corrected chi connectivity index (χ4v) is 1.58. The van der Waals surface area contributed by atoms with Gasteiger partial charge in [0.25, 0.3) is 0 Å². The van der Waals surface area contributed by atoms with Crippen LogP contribution in [0.2, 0.25) is 0 Å². The minimum atomic E-state index is -0.238. The number of hydrogen-bond donors (Lipinski definition) is 2. The van der Waals surface area contributed by atoms with Gasteiger partial charge in [-0.15, -0.1) is 5.10 Å². The van der Waals surface area contributed by atoms with Gasteiger partial charge in [0, 0.05) is 6.54 Å². The highest BCUT2D eigenvalue weighted by Crippen LogP contribution is 2.09. The first-order chi connectivity index (χ1) is 7.66. The molecule has 0 aliphatic carbocycles. The van der Waals surface area contributed by atoms with Crippen LogP contribution in [0.4, 0.5) is 5.95 Å². The molecule has 1 fully saturated rings. The van der Waals surface area contributed by atoms with Crippen LogP contribution in [0.15, 0.2) is 0 Å². The smallest absolute Gasteiger partial charge is 0.243 e. The van der Waals surface area contributed by atoms with E-state index in [0.29, 0.717) is 5.95 Å². The fraction of sp³-hybridized carbons (Fsp3) is 0.600. The van der Waals surface area contributed by atoms with Crippen molar-refractivity contribution in [2.24, 2.45) is 0 Å². The van der Waals surface area contributed by atoms with Crippen molar-refractivity contribution in [1.82, 2.24) is 20.5 Å². The second-order valence-corrected chi connectivity index (χ2v) is 3.94. The minimum Gasteiger partial charge on any atom is -0.354 e. The van der Waals surface area contributed by atoms with Crippen LogP contribution in [-0.4, -0.2) is 33.7 Å². The number of nitrogens with zero attached hydrogens (tertiary/aromatic N) is 3. The minimum absolute atomic E-state index is 0.00748. The van der Waals surface area contributed by atoms with Crippen LogP contribution in [0.3, 0.4) is 0 Å². The number of carbonyl (C=O) groups is 1. The second kappa shape index (κ2) is 4.42. The van der Waals surface area contributed by atoms with Crippen LogP contribution in [-0.2, 0) is 4.79 Å². The van der Waals surface area contributed by atoms with Gasteiger partial charge in [0.1, 0.15) is 6.04 Å². The zero-order chi connectivity index (χ0) is 11.5. The average molecular weight is 221 g/mol. The third-order valence-corrected chi connectivity index (χ3v) is 2.68. The lowest BCUT2D eigenvalue weighted by atomic mass is 10.1. The van der Waals surface area contributed by atoms with Gasteiger partial charge in [-0.25, -0.2) is 4.98 Å². The van der Waals surface area contributed by atoms with E-state index in [2.05, 4.69) is 25.8 Å². The van der Waals surface area contributed by atoms with Crippen molar-refractivity contribution in [3.63, 3.8) is 0 Å². The standard InChI is InChI=1S/C10H15N5O/c1-6-7(2)14-15-10(12-6)13-8-4-3-5-11-9(8)16/h8H,3-5H2,1-2H3,(H,11,16)(H,12,13,15). The van der Waals surface area contributed by atoms with Crippen LogP contribution >= 0.6 is 0 Å². The molecule has 86 valence electrons. The van der Waals surface area contributed by atoms with E-state index in [9.17, 15) is 4.79 Å². The molecular formula is C10H15N5O. The molecule has 2 heterocycles. The normalized spacial score (nSPS) is 20.4. The van der Waals surface area contributed by atoms with E-state index in [1.807, 2.05) is 13.8 Å². The number of piperidine rings is 1. The second-order valence-electron chi connectivity index (χ2n) is 3.94. The lowest BCUT2D eigenvalue weighted by Gasteiger charge is -2.22. The summed E-state index contributed by atoms with van der Waals surface area (Å²) in [5.41, 5.74) is 1.63. The summed E-state index contributed by atoms with van der Waals surface area (Å²) in [5, 5.41) is 13.7. The highest BCUT2D eigenvalue weighted by molar-refractivity contribution is 5.84. The van der Waals surface area contributed by atoms with E-state index >= 15 is 0 Å². The predicted molar refractivity (Wildman–Crippen MR) is 59.0 cm³/mol. The largest absolute Gasteiger partial charge is 0.354 e. The summed E-state index contributed by atoms with van der Waals surface area (Å²) in [5.74, 6) is 0.429. The molecule has 1 aromatic heterocycles. The number of anilines is 1. The predicted octanol–water partition coefficient (Wildman–Crippen LogP) is 0.179. The Bertz CT molecular complexity index is 406. The van der Waals surface area contributed by atoms with Crippen LogP contribution < -0.4 is 10.6 Å².